The molecular formula is C18H21N7O2. The van der Waals surface area contributed by atoms with Gasteiger partial charge in [-0.15, -0.1) is 10.2 Å². The lowest BCUT2D eigenvalue weighted by molar-refractivity contribution is -0.142. The summed E-state index contributed by atoms with van der Waals surface area (Å²) < 4.78 is 1.77. The number of nitrogens with one attached hydrogen (secondary N) is 1. The van der Waals surface area contributed by atoms with E-state index in [4.69, 9.17) is 0 Å². The van der Waals surface area contributed by atoms with Gasteiger partial charge in [0, 0.05) is 26.0 Å². The Bertz CT molecular complexity index is 967. The maximum Gasteiger partial charge on any atom is 0.313 e. The Morgan fingerprint density at radius 3 is 2.70 bits per heavy atom. The minimum absolute atomic E-state index is 0.163. The second-order valence-corrected chi connectivity index (χ2v) is 6.48. The molecule has 0 bridgehead atoms. The summed E-state index contributed by atoms with van der Waals surface area (Å²) in [5.41, 5.74) is 2.10. The van der Waals surface area contributed by atoms with Crippen molar-refractivity contribution in [3.8, 4) is 0 Å². The molecule has 0 aromatic carbocycles. The van der Waals surface area contributed by atoms with Crippen molar-refractivity contribution < 1.29 is 9.59 Å². The van der Waals surface area contributed by atoms with Crippen molar-refractivity contribution in [3.05, 3.63) is 54.2 Å². The van der Waals surface area contributed by atoms with Crippen molar-refractivity contribution in [2.75, 3.05) is 26.5 Å². The number of hydrogen-bond donors (Lipinski definition) is 1. The van der Waals surface area contributed by atoms with Gasteiger partial charge in [0.05, 0.1) is 18.4 Å². The molecule has 0 saturated carbocycles. The summed E-state index contributed by atoms with van der Waals surface area (Å²) in [6, 6.07) is 7.32. The zero-order valence-electron chi connectivity index (χ0n) is 15.5. The molecule has 140 valence electrons. The van der Waals surface area contributed by atoms with Gasteiger partial charge in [-0.05, 0) is 37.9 Å². The van der Waals surface area contributed by atoms with Crippen LogP contribution >= 0.6 is 0 Å². The molecular weight excluding hydrogens is 346 g/mol. The van der Waals surface area contributed by atoms with Gasteiger partial charge in [-0.25, -0.2) is 0 Å². The molecule has 1 N–H and O–H groups in total. The highest BCUT2D eigenvalue weighted by Crippen LogP contribution is 2.11. The van der Waals surface area contributed by atoms with Crippen LogP contribution in [0.15, 0.2) is 42.9 Å². The number of nitrogens with zero attached hydrogens (tertiary/aromatic N) is 6. The van der Waals surface area contributed by atoms with E-state index in [1.807, 2.05) is 43.4 Å². The number of carbonyl (C=O) groups excluding carboxylic acids is 2. The molecule has 0 fully saturated rings. The molecule has 3 rings (SSSR count). The second-order valence-electron chi connectivity index (χ2n) is 6.48. The van der Waals surface area contributed by atoms with E-state index < -0.39 is 11.8 Å². The Kier molecular flexibility index (Phi) is 5.41. The van der Waals surface area contributed by atoms with Crippen LogP contribution in [0.5, 0.6) is 0 Å². The quantitative estimate of drug-likeness (QED) is 0.670. The molecule has 2 amide bonds. The van der Waals surface area contributed by atoms with E-state index in [0.29, 0.717) is 23.7 Å². The first-order chi connectivity index (χ1) is 12.9. The Morgan fingerprint density at radius 2 is 1.93 bits per heavy atom. The highest BCUT2D eigenvalue weighted by atomic mass is 16.2. The first-order valence-corrected chi connectivity index (χ1v) is 8.38. The van der Waals surface area contributed by atoms with Gasteiger partial charge in [0.2, 0.25) is 0 Å². The normalized spacial score (nSPS) is 11.0. The van der Waals surface area contributed by atoms with Crippen LogP contribution in [0.25, 0.3) is 5.65 Å². The summed E-state index contributed by atoms with van der Waals surface area (Å²) in [5.74, 6) is -0.820. The Morgan fingerprint density at radius 1 is 1.11 bits per heavy atom. The van der Waals surface area contributed by atoms with Gasteiger partial charge in [0.15, 0.2) is 11.5 Å². The van der Waals surface area contributed by atoms with Gasteiger partial charge in [0.1, 0.15) is 0 Å². The van der Waals surface area contributed by atoms with Crippen LogP contribution in [0.3, 0.4) is 0 Å². The molecule has 9 heteroatoms. The fourth-order valence-electron chi connectivity index (χ4n) is 2.65. The van der Waals surface area contributed by atoms with E-state index in [9.17, 15) is 9.59 Å². The largest absolute Gasteiger partial charge is 0.330 e. The van der Waals surface area contributed by atoms with Crippen LogP contribution in [0.1, 0.15) is 11.4 Å². The van der Waals surface area contributed by atoms with Crippen molar-refractivity contribution in [3.63, 3.8) is 0 Å². The zero-order valence-corrected chi connectivity index (χ0v) is 15.5. The number of anilines is 1. The summed E-state index contributed by atoms with van der Waals surface area (Å²) in [5, 5.41) is 10.7. The van der Waals surface area contributed by atoms with Crippen LogP contribution in [0.4, 0.5) is 5.69 Å². The molecule has 0 spiro atoms. The molecule has 9 nitrogen and oxygen atoms in total. The number of rotatable bonds is 5. The third-order valence-electron chi connectivity index (χ3n) is 3.86. The molecule has 0 aliphatic heterocycles. The maximum absolute atomic E-state index is 12.4. The summed E-state index contributed by atoms with van der Waals surface area (Å²) in [7, 11) is 5.43. The maximum atomic E-state index is 12.4. The predicted octanol–water partition coefficient (Wildman–Crippen LogP) is 0.783. The lowest BCUT2D eigenvalue weighted by Gasteiger charge is -2.16. The number of carbonyl (C=O) groups is 2. The number of amides is 2. The second kappa shape index (κ2) is 7.92. The molecule has 0 saturated heterocycles. The number of likely N-dealkylation sites (N-methyl/N-ethyl adjacent to an activating group) is 1. The molecule has 3 aromatic heterocycles. The van der Waals surface area contributed by atoms with Gasteiger partial charge in [-0.3, -0.25) is 19.0 Å². The first-order valence-electron chi connectivity index (χ1n) is 8.38. The van der Waals surface area contributed by atoms with Gasteiger partial charge in [-0.1, -0.05) is 6.07 Å². The minimum atomic E-state index is -0.727. The number of pyridine rings is 2. The highest BCUT2D eigenvalue weighted by Gasteiger charge is 2.21. The van der Waals surface area contributed by atoms with Gasteiger partial charge < -0.3 is 15.1 Å². The van der Waals surface area contributed by atoms with E-state index in [1.165, 1.54) is 11.1 Å². The van der Waals surface area contributed by atoms with E-state index >= 15 is 0 Å². The lowest BCUT2D eigenvalue weighted by Crippen LogP contribution is -2.37. The van der Waals surface area contributed by atoms with Crippen molar-refractivity contribution in [1.82, 2.24) is 29.4 Å². The third-order valence-corrected chi connectivity index (χ3v) is 3.86. The standard InChI is InChI=1S/C18H21N7O2/c1-23(2)11-13-8-14(10-19-9-13)20-17(26)18(27)24(3)12-16-22-21-15-6-4-5-7-25(15)16/h4-10H,11-12H2,1-3H3,(H,20,26). The Labute approximate surface area is 156 Å². The van der Waals surface area contributed by atoms with Crippen LogP contribution < -0.4 is 5.32 Å². The third kappa shape index (κ3) is 4.45. The van der Waals surface area contributed by atoms with Crippen molar-refractivity contribution in [1.29, 1.82) is 0 Å². The van der Waals surface area contributed by atoms with Crippen molar-refractivity contribution in [2.24, 2.45) is 0 Å². The van der Waals surface area contributed by atoms with Crippen LogP contribution in [-0.4, -0.2) is 62.3 Å². The molecule has 0 atom stereocenters. The summed E-state index contributed by atoms with van der Waals surface area (Å²) in [6.45, 7) is 0.848. The molecule has 3 heterocycles. The van der Waals surface area contributed by atoms with Crippen LogP contribution in [0, 0.1) is 0 Å². The van der Waals surface area contributed by atoms with E-state index in [1.54, 1.807) is 23.7 Å². The SMILES string of the molecule is CN(C)Cc1cncc(NC(=O)C(=O)N(C)Cc2nnc3ccccn23)c1. The van der Waals surface area contributed by atoms with Crippen LogP contribution in [-0.2, 0) is 22.7 Å². The molecule has 0 unspecified atom stereocenters. The summed E-state index contributed by atoms with van der Waals surface area (Å²) >= 11 is 0. The zero-order chi connectivity index (χ0) is 19.4. The average Bonchev–Trinajstić information content (AvgIpc) is 3.04. The van der Waals surface area contributed by atoms with Crippen molar-refractivity contribution >= 4 is 23.1 Å². The highest BCUT2D eigenvalue weighted by molar-refractivity contribution is 6.39. The van der Waals surface area contributed by atoms with Crippen LogP contribution in [0.2, 0.25) is 0 Å². The molecule has 3 aromatic rings. The van der Waals surface area contributed by atoms with Gasteiger partial charge >= 0.3 is 11.8 Å². The molecule has 27 heavy (non-hydrogen) atoms. The predicted molar refractivity (Wildman–Crippen MR) is 99.7 cm³/mol. The Hall–Kier alpha value is -3.33. The number of aromatic nitrogens is 4. The van der Waals surface area contributed by atoms with Gasteiger partial charge in [0.25, 0.3) is 0 Å². The smallest absolute Gasteiger partial charge is 0.313 e. The molecule has 0 aliphatic rings. The van der Waals surface area contributed by atoms with E-state index in [0.717, 1.165) is 5.56 Å². The lowest BCUT2D eigenvalue weighted by atomic mass is 10.2. The molecule has 0 radical (unpaired) electrons. The molecule has 0 aliphatic carbocycles. The average molecular weight is 367 g/mol. The number of fused-ring (bicyclic) bond motifs is 1. The van der Waals surface area contributed by atoms with Gasteiger partial charge in [-0.2, -0.15) is 0 Å². The van der Waals surface area contributed by atoms with E-state index in [-0.39, 0.29) is 6.54 Å². The fourth-order valence-corrected chi connectivity index (χ4v) is 2.65. The van der Waals surface area contributed by atoms with E-state index in [2.05, 4.69) is 20.5 Å². The topological polar surface area (TPSA) is 95.7 Å². The van der Waals surface area contributed by atoms with Crippen molar-refractivity contribution in [2.45, 2.75) is 13.1 Å². The minimum Gasteiger partial charge on any atom is -0.330 e. The summed E-state index contributed by atoms with van der Waals surface area (Å²) in [4.78, 5) is 32.1. The monoisotopic (exact) mass is 367 g/mol. The first kappa shape index (κ1) is 18.5. The fraction of sp³-hybridized carbons (Fsp3) is 0.278. The number of hydrogen-bond acceptors (Lipinski definition) is 6. The Balaban J connectivity index is 1.65. The summed E-state index contributed by atoms with van der Waals surface area (Å²) in [6.07, 6.45) is 5.04.